The summed E-state index contributed by atoms with van der Waals surface area (Å²) in [6, 6.07) is 11.3. The summed E-state index contributed by atoms with van der Waals surface area (Å²) in [6.07, 6.45) is 2.92. The highest BCUT2D eigenvalue weighted by Gasteiger charge is 2.29. The predicted octanol–water partition coefficient (Wildman–Crippen LogP) is 3.94. The van der Waals surface area contributed by atoms with Crippen molar-refractivity contribution >= 4 is 16.8 Å². The molecule has 150 valence electrons. The summed E-state index contributed by atoms with van der Waals surface area (Å²) in [7, 11) is -0.926. The first kappa shape index (κ1) is 13.5. The van der Waals surface area contributed by atoms with Gasteiger partial charge in [-0.25, -0.2) is 4.39 Å². The third-order valence-electron chi connectivity index (χ3n) is 5.03. The van der Waals surface area contributed by atoms with Crippen molar-refractivity contribution in [2.75, 3.05) is 7.04 Å². The number of ether oxygens (including phenoxy) is 1. The molecule has 0 radical (unpaired) electrons. The summed E-state index contributed by atoms with van der Waals surface area (Å²) in [5.41, 5.74) is 2.07. The lowest BCUT2D eigenvalue weighted by molar-refractivity contribution is 0.0764. The molecule has 2 aromatic heterocycles. The Morgan fingerprint density at radius 3 is 2.90 bits per heavy atom. The number of amides is 1. The quantitative estimate of drug-likeness (QED) is 0.514. The Balaban J connectivity index is 1.42. The van der Waals surface area contributed by atoms with E-state index in [1.54, 1.807) is 10.7 Å². The average molecular weight is 407 g/mol. The van der Waals surface area contributed by atoms with Gasteiger partial charge in [-0.2, -0.15) is 5.10 Å². The molecule has 0 N–H and O–H groups in total. The van der Waals surface area contributed by atoms with Gasteiger partial charge >= 0.3 is 0 Å². The molecule has 0 unspecified atom stereocenters. The standard InChI is InChI=1S/C23H19FN4O2/c1-27-11-17-7-14(5-6-21(17)26-27)15-3-4-16(20(24)8-15)12-28-13-22-19(23(28)29)9-18(30-2)10-25-22/h3-11H,12-13H2,1-2H3/i2D3,13D2. The van der Waals surface area contributed by atoms with Crippen molar-refractivity contribution in [2.24, 2.45) is 7.05 Å². The summed E-state index contributed by atoms with van der Waals surface area (Å²) in [5, 5.41) is 5.24. The molecule has 0 aliphatic carbocycles. The number of hydrogen-bond acceptors (Lipinski definition) is 4. The minimum atomic E-state index is -2.75. The largest absolute Gasteiger partial charge is 0.495 e. The zero-order chi connectivity index (χ0) is 25.1. The van der Waals surface area contributed by atoms with Crippen LogP contribution in [-0.4, -0.2) is 32.6 Å². The molecule has 5 rings (SSSR count). The van der Waals surface area contributed by atoms with Crippen molar-refractivity contribution in [3.05, 3.63) is 77.5 Å². The van der Waals surface area contributed by atoms with Gasteiger partial charge in [-0.3, -0.25) is 14.5 Å². The lowest BCUT2D eigenvalue weighted by Gasteiger charge is -2.16. The number of halogens is 1. The predicted molar refractivity (Wildman–Crippen MR) is 110 cm³/mol. The second kappa shape index (κ2) is 6.95. The molecule has 1 aliphatic rings. The molecule has 0 saturated carbocycles. The number of hydrogen-bond donors (Lipinski definition) is 0. The van der Waals surface area contributed by atoms with Gasteiger partial charge in [0.05, 0.1) is 43.4 Å². The Morgan fingerprint density at radius 1 is 1.23 bits per heavy atom. The van der Waals surface area contributed by atoms with E-state index in [-0.39, 0.29) is 29.1 Å². The van der Waals surface area contributed by atoms with Crippen LogP contribution >= 0.6 is 0 Å². The topological polar surface area (TPSA) is 60.2 Å². The Labute approximate surface area is 179 Å². The van der Waals surface area contributed by atoms with E-state index in [1.807, 2.05) is 31.4 Å². The highest BCUT2D eigenvalue weighted by atomic mass is 19.1. The van der Waals surface area contributed by atoms with Crippen LogP contribution in [0, 0.1) is 5.82 Å². The van der Waals surface area contributed by atoms with Gasteiger partial charge in [0.2, 0.25) is 0 Å². The van der Waals surface area contributed by atoms with Gasteiger partial charge in [0, 0.05) is 30.7 Å². The van der Waals surface area contributed by atoms with E-state index in [4.69, 9.17) is 11.6 Å². The monoisotopic (exact) mass is 407 g/mol. The van der Waals surface area contributed by atoms with Gasteiger partial charge in [0.15, 0.2) is 0 Å². The molecule has 0 atom stereocenters. The Hall–Kier alpha value is -3.74. The van der Waals surface area contributed by atoms with Gasteiger partial charge in [0.1, 0.15) is 11.6 Å². The van der Waals surface area contributed by atoms with Crippen molar-refractivity contribution in [1.29, 1.82) is 0 Å². The minimum Gasteiger partial charge on any atom is -0.495 e. The van der Waals surface area contributed by atoms with Crippen LogP contribution in [0.2, 0.25) is 0 Å². The van der Waals surface area contributed by atoms with Gasteiger partial charge in [-0.1, -0.05) is 18.2 Å². The van der Waals surface area contributed by atoms with Crippen molar-refractivity contribution < 1.29 is 20.8 Å². The number of aromatic nitrogens is 3. The first-order valence-corrected chi connectivity index (χ1v) is 9.16. The fourth-order valence-corrected chi connectivity index (χ4v) is 3.54. The fraction of sp³-hybridized carbons (Fsp3) is 0.174. The first-order chi connectivity index (χ1) is 16.4. The second-order valence-corrected chi connectivity index (χ2v) is 7.05. The summed E-state index contributed by atoms with van der Waals surface area (Å²) in [6.45, 7) is -2.66. The summed E-state index contributed by atoms with van der Waals surface area (Å²) in [5.74, 6) is -1.51. The number of pyridine rings is 1. The summed E-state index contributed by atoms with van der Waals surface area (Å²) in [4.78, 5) is 17.8. The van der Waals surface area contributed by atoms with Crippen LogP contribution in [0.4, 0.5) is 4.39 Å². The van der Waals surface area contributed by atoms with Crippen LogP contribution in [0.1, 0.15) is 28.5 Å². The van der Waals surface area contributed by atoms with Crippen LogP contribution in [-0.2, 0) is 20.1 Å². The number of rotatable bonds is 4. The molecule has 30 heavy (non-hydrogen) atoms. The number of methoxy groups -OCH3 is 1. The molecule has 0 saturated heterocycles. The molecule has 2 aromatic carbocycles. The van der Waals surface area contributed by atoms with Gasteiger partial charge in [-0.15, -0.1) is 0 Å². The SMILES string of the molecule is [2H]C([2H])([2H])Oc1cnc2c(c1)C(=O)N(Cc1ccc(-c3ccc4nn(C)cc4c3)cc1F)C2([2H])[2H]. The van der Waals surface area contributed by atoms with E-state index in [0.717, 1.165) is 33.6 Å². The van der Waals surface area contributed by atoms with Crippen molar-refractivity contribution in [3.63, 3.8) is 0 Å². The van der Waals surface area contributed by atoms with Crippen molar-refractivity contribution in [3.8, 4) is 16.9 Å². The van der Waals surface area contributed by atoms with E-state index >= 15 is 4.39 Å². The molecule has 4 aromatic rings. The minimum absolute atomic E-state index is 0.125. The average Bonchev–Trinajstić information content (AvgIpc) is 3.23. The number of carbonyl (C=O) groups is 1. The summed E-state index contributed by atoms with van der Waals surface area (Å²) < 4.78 is 60.0. The lowest BCUT2D eigenvalue weighted by atomic mass is 10.0. The highest BCUT2D eigenvalue weighted by Crippen LogP contribution is 2.29. The fourth-order valence-electron chi connectivity index (χ4n) is 3.54. The molecule has 1 amide bonds. The molecular formula is C23H19FN4O2. The molecule has 0 bridgehead atoms. The van der Waals surface area contributed by atoms with Crippen LogP contribution in [0.5, 0.6) is 5.75 Å². The molecule has 7 heteroatoms. The summed E-state index contributed by atoms with van der Waals surface area (Å²) >= 11 is 0. The van der Waals surface area contributed by atoms with Crippen LogP contribution < -0.4 is 4.74 Å². The van der Waals surface area contributed by atoms with Crippen LogP contribution in [0.3, 0.4) is 0 Å². The van der Waals surface area contributed by atoms with Crippen LogP contribution in [0.25, 0.3) is 22.0 Å². The molecule has 0 spiro atoms. The van der Waals surface area contributed by atoms with Crippen molar-refractivity contribution in [1.82, 2.24) is 19.7 Å². The normalized spacial score (nSPS) is 17.7. The number of aryl methyl sites for hydroxylation is 1. The van der Waals surface area contributed by atoms with E-state index < -0.39 is 25.3 Å². The number of nitrogens with zero attached hydrogens (tertiary/aromatic N) is 4. The van der Waals surface area contributed by atoms with Gasteiger partial charge in [-0.05, 0) is 35.4 Å². The maximum Gasteiger partial charge on any atom is 0.256 e. The third-order valence-corrected chi connectivity index (χ3v) is 5.03. The highest BCUT2D eigenvalue weighted by molar-refractivity contribution is 5.98. The molecule has 6 nitrogen and oxygen atoms in total. The maximum atomic E-state index is 15.1. The zero-order valence-corrected chi connectivity index (χ0v) is 15.9. The van der Waals surface area contributed by atoms with Crippen molar-refractivity contribution in [2.45, 2.75) is 13.0 Å². The Bertz CT molecular complexity index is 1480. The third kappa shape index (κ3) is 3.08. The van der Waals surface area contributed by atoms with E-state index in [0.29, 0.717) is 5.56 Å². The van der Waals surface area contributed by atoms with E-state index in [1.165, 1.54) is 12.1 Å². The molecule has 3 heterocycles. The first-order valence-electron chi connectivity index (χ1n) is 11.7. The number of benzene rings is 2. The van der Waals surface area contributed by atoms with E-state index in [9.17, 15) is 4.79 Å². The Kier molecular flexibility index (Phi) is 3.12. The molecule has 1 aliphatic heterocycles. The van der Waals surface area contributed by atoms with Crippen LogP contribution in [0.15, 0.2) is 54.9 Å². The number of carbonyl (C=O) groups excluding carboxylic acids is 1. The lowest BCUT2D eigenvalue weighted by Crippen LogP contribution is -2.23. The smallest absolute Gasteiger partial charge is 0.256 e. The second-order valence-electron chi connectivity index (χ2n) is 7.05. The van der Waals surface area contributed by atoms with Gasteiger partial charge < -0.3 is 9.64 Å². The zero-order valence-electron chi connectivity index (χ0n) is 20.9. The van der Waals surface area contributed by atoms with E-state index in [2.05, 4.69) is 10.1 Å². The molecule has 0 fully saturated rings. The molecular weight excluding hydrogens is 383 g/mol. The Morgan fingerprint density at radius 2 is 2.07 bits per heavy atom. The number of fused-ring (bicyclic) bond motifs is 2. The van der Waals surface area contributed by atoms with Gasteiger partial charge in [0.25, 0.3) is 5.91 Å². The maximum absolute atomic E-state index is 15.1.